The van der Waals surface area contributed by atoms with E-state index in [9.17, 15) is 22.8 Å². The number of rotatable bonds is 3. The topological polar surface area (TPSA) is 100 Å². The van der Waals surface area contributed by atoms with Crippen molar-refractivity contribution < 1.29 is 37.4 Å². The van der Waals surface area contributed by atoms with E-state index in [1.807, 2.05) is 9.80 Å². The van der Waals surface area contributed by atoms with Crippen LogP contribution in [0.3, 0.4) is 0 Å². The summed E-state index contributed by atoms with van der Waals surface area (Å²) < 4.78 is 36.7. The fraction of sp³-hybridized carbons (Fsp3) is 0.579. The highest BCUT2D eigenvalue weighted by Crippen LogP contribution is 2.39. The third-order valence-corrected chi connectivity index (χ3v) is 5.16. The van der Waals surface area contributed by atoms with Crippen molar-refractivity contribution in [2.24, 2.45) is 5.41 Å². The van der Waals surface area contributed by atoms with Crippen LogP contribution < -0.4 is 0 Å². The number of nitrogens with zero attached hydrogens (tertiary/aromatic N) is 3. The fourth-order valence-corrected chi connectivity index (χ4v) is 3.75. The smallest absolute Gasteiger partial charge is 0.475 e. The third-order valence-electron chi connectivity index (χ3n) is 5.16. The van der Waals surface area contributed by atoms with Crippen molar-refractivity contribution in [1.82, 2.24) is 14.8 Å². The monoisotopic (exact) mass is 431 g/mol. The number of aromatic nitrogens is 1. The fourth-order valence-electron chi connectivity index (χ4n) is 3.75. The molecule has 2 amide bonds. The number of carboxylic acid groups (broad SMARTS) is 1. The molecule has 0 aliphatic carbocycles. The number of alkyl halides is 3. The highest BCUT2D eigenvalue weighted by molar-refractivity contribution is 5.94. The van der Waals surface area contributed by atoms with E-state index in [2.05, 4.69) is 4.98 Å². The van der Waals surface area contributed by atoms with Gasteiger partial charge in [-0.25, -0.2) is 4.79 Å². The van der Waals surface area contributed by atoms with Gasteiger partial charge >= 0.3 is 12.1 Å². The summed E-state index contributed by atoms with van der Waals surface area (Å²) in [5.41, 5.74) is 0.675. The van der Waals surface area contributed by atoms with Gasteiger partial charge in [-0.05, 0) is 31.4 Å². The van der Waals surface area contributed by atoms with Crippen LogP contribution in [-0.4, -0.2) is 83.7 Å². The zero-order chi connectivity index (χ0) is 22.4. The van der Waals surface area contributed by atoms with E-state index in [4.69, 9.17) is 14.6 Å². The third kappa shape index (κ3) is 6.15. The van der Waals surface area contributed by atoms with E-state index in [-0.39, 0.29) is 23.8 Å². The van der Waals surface area contributed by atoms with Gasteiger partial charge in [0.2, 0.25) is 5.91 Å². The molecule has 0 bridgehead atoms. The molecule has 3 heterocycles. The maximum atomic E-state index is 12.6. The summed E-state index contributed by atoms with van der Waals surface area (Å²) in [5.74, 6) is -2.67. The van der Waals surface area contributed by atoms with Crippen molar-refractivity contribution >= 4 is 17.8 Å². The van der Waals surface area contributed by atoms with E-state index in [0.717, 1.165) is 45.4 Å². The van der Waals surface area contributed by atoms with Crippen molar-refractivity contribution in [2.45, 2.75) is 25.4 Å². The van der Waals surface area contributed by atoms with Gasteiger partial charge in [-0.15, -0.1) is 0 Å². The summed E-state index contributed by atoms with van der Waals surface area (Å²) in [7, 11) is 1.54. The second kappa shape index (κ2) is 9.88. The van der Waals surface area contributed by atoms with Gasteiger partial charge in [0.1, 0.15) is 6.61 Å². The number of hydrogen-bond donors (Lipinski definition) is 1. The molecule has 1 spiro atoms. The molecule has 1 unspecified atom stereocenters. The van der Waals surface area contributed by atoms with Crippen LogP contribution in [0.25, 0.3) is 0 Å². The number of carboxylic acids is 1. The first-order valence-corrected chi connectivity index (χ1v) is 9.34. The Bertz CT molecular complexity index is 760. The Hall–Kier alpha value is -2.69. The molecule has 0 aromatic carbocycles. The van der Waals surface area contributed by atoms with E-state index >= 15 is 0 Å². The predicted octanol–water partition coefficient (Wildman–Crippen LogP) is 1.82. The average molecular weight is 431 g/mol. The number of carbonyl (C=O) groups excluding carboxylic acids is 2. The number of aliphatic carboxylic acids is 1. The lowest BCUT2D eigenvalue weighted by Gasteiger charge is -2.40. The maximum absolute atomic E-state index is 12.6. The number of hydrogen-bond acceptors (Lipinski definition) is 5. The van der Waals surface area contributed by atoms with Crippen LogP contribution in [0.4, 0.5) is 13.2 Å². The Kier molecular flexibility index (Phi) is 7.77. The first-order valence-electron chi connectivity index (χ1n) is 9.34. The number of pyridine rings is 1. The maximum Gasteiger partial charge on any atom is 0.490 e. The number of likely N-dealkylation sites (tertiary alicyclic amines) is 2. The minimum absolute atomic E-state index is 0.0406. The SMILES string of the molecule is COCC(=O)N1CCC2(CCCN(C(=O)c3cccnc3)C2)C1.O=C(O)C(F)(F)F. The van der Waals surface area contributed by atoms with Crippen molar-refractivity contribution in [1.29, 1.82) is 0 Å². The summed E-state index contributed by atoms with van der Waals surface area (Å²) in [4.78, 5) is 41.4. The van der Waals surface area contributed by atoms with Crippen LogP contribution in [0.2, 0.25) is 0 Å². The summed E-state index contributed by atoms with van der Waals surface area (Å²) >= 11 is 0. The first-order chi connectivity index (χ1) is 14.1. The van der Waals surface area contributed by atoms with Crippen LogP contribution in [0.1, 0.15) is 29.6 Å². The molecule has 2 fully saturated rings. The highest BCUT2D eigenvalue weighted by atomic mass is 19.4. The number of halogens is 3. The van der Waals surface area contributed by atoms with Crippen LogP contribution in [0.5, 0.6) is 0 Å². The summed E-state index contributed by atoms with van der Waals surface area (Å²) in [6.45, 7) is 3.12. The molecular formula is C19H24F3N3O5. The molecule has 0 radical (unpaired) electrons. The first kappa shape index (κ1) is 23.6. The average Bonchev–Trinajstić information content (AvgIpc) is 3.11. The van der Waals surface area contributed by atoms with Gasteiger partial charge in [0.25, 0.3) is 5.91 Å². The minimum atomic E-state index is -5.08. The van der Waals surface area contributed by atoms with Gasteiger partial charge in [-0.3, -0.25) is 14.6 Å². The normalized spacial score (nSPS) is 21.2. The molecule has 1 aromatic rings. The largest absolute Gasteiger partial charge is 0.490 e. The molecule has 0 saturated carbocycles. The predicted molar refractivity (Wildman–Crippen MR) is 98.6 cm³/mol. The standard InChI is InChI=1S/C17H23N3O3.C2HF3O2/c1-23-11-15(21)19-9-6-17(12-19)5-3-8-20(13-17)16(22)14-4-2-7-18-10-14;3-2(4,5)1(6)7/h2,4,7,10H,3,5-6,8-9,11-13H2,1H3;(H,6,7). The second-order valence-electron chi connectivity index (χ2n) is 7.37. The molecule has 2 saturated heterocycles. The summed E-state index contributed by atoms with van der Waals surface area (Å²) in [5, 5.41) is 7.12. The number of carbonyl (C=O) groups is 3. The second-order valence-corrected chi connectivity index (χ2v) is 7.37. The summed E-state index contributed by atoms with van der Waals surface area (Å²) in [6, 6.07) is 3.59. The van der Waals surface area contributed by atoms with Crippen LogP contribution in [0, 0.1) is 5.41 Å². The van der Waals surface area contributed by atoms with Gasteiger partial charge in [0, 0.05) is 51.1 Å². The minimum Gasteiger partial charge on any atom is -0.475 e. The number of amides is 2. The zero-order valence-corrected chi connectivity index (χ0v) is 16.5. The van der Waals surface area contributed by atoms with Gasteiger partial charge in [-0.2, -0.15) is 13.2 Å². The highest BCUT2D eigenvalue weighted by Gasteiger charge is 2.43. The lowest BCUT2D eigenvalue weighted by Crippen LogP contribution is -2.48. The Balaban J connectivity index is 0.000000396. The Morgan fingerprint density at radius 2 is 1.87 bits per heavy atom. The van der Waals surface area contributed by atoms with Crippen molar-refractivity contribution in [3.63, 3.8) is 0 Å². The van der Waals surface area contributed by atoms with Crippen LogP contribution >= 0.6 is 0 Å². The van der Waals surface area contributed by atoms with Crippen molar-refractivity contribution in [3.8, 4) is 0 Å². The van der Waals surface area contributed by atoms with E-state index in [1.54, 1.807) is 31.6 Å². The molecule has 11 heteroatoms. The lowest BCUT2D eigenvalue weighted by molar-refractivity contribution is -0.192. The quantitative estimate of drug-likeness (QED) is 0.784. The van der Waals surface area contributed by atoms with Gasteiger partial charge in [0.15, 0.2) is 0 Å². The van der Waals surface area contributed by atoms with Crippen molar-refractivity contribution in [3.05, 3.63) is 30.1 Å². The molecule has 3 rings (SSSR count). The number of piperidine rings is 1. The number of methoxy groups -OCH3 is 1. The molecule has 2 aliphatic rings. The Morgan fingerprint density at radius 3 is 2.43 bits per heavy atom. The zero-order valence-electron chi connectivity index (χ0n) is 16.5. The van der Waals surface area contributed by atoms with Crippen LogP contribution in [-0.2, 0) is 14.3 Å². The number of ether oxygens (including phenoxy) is 1. The van der Waals surface area contributed by atoms with E-state index in [1.165, 1.54) is 0 Å². The Morgan fingerprint density at radius 1 is 1.20 bits per heavy atom. The molecule has 1 atom stereocenters. The van der Waals surface area contributed by atoms with E-state index < -0.39 is 12.1 Å². The van der Waals surface area contributed by atoms with Gasteiger partial charge < -0.3 is 19.6 Å². The molecular weight excluding hydrogens is 407 g/mol. The molecule has 8 nitrogen and oxygen atoms in total. The van der Waals surface area contributed by atoms with Gasteiger partial charge in [0.05, 0.1) is 5.56 Å². The molecule has 1 N–H and O–H groups in total. The molecule has 1 aromatic heterocycles. The molecule has 30 heavy (non-hydrogen) atoms. The molecule has 2 aliphatic heterocycles. The van der Waals surface area contributed by atoms with Crippen LogP contribution in [0.15, 0.2) is 24.5 Å². The molecule has 166 valence electrons. The van der Waals surface area contributed by atoms with Crippen molar-refractivity contribution in [2.75, 3.05) is 39.9 Å². The lowest BCUT2D eigenvalue weighted by atomic mass is 9.79. The van der Waals surface area contributed by atoms with Gasteiger partial charge in [-0.1, -0.05) is 0 Å². The Labute approximate surface area is 171 Å². The van der Waals surface area contributed by atoms with E-state index in [0.29, 0.717) is 5.56 Å². The summed E-state index contributed by atoms with van der Waals surface area (Å²) in [6.07, 6.45) is 1.22.